The highest BCUT2D eigenvalue weighted by molar-refractivity contribution is 5.76. The first kappa shape index (κ1) is 20.8. The van der Waals surface area contributed by atoms with Crippen LogP contribution in [0, 0.1) is 0 Å². The van der Waals surface area contributed by atoms with E-state index < -0.39 is 0 Å². The number of aromatic amines is 1. The van der Waals surface area contributed by atoms with Crippen LogP contribution in [0.25, 0.3) is 11.4 Å². The number of aromatic nitrogens is 3. The van der Waals surface area contributed by atoms with Crippen molar-refractivity contribution in [2.24, 2.45) is 0 Å². The third kappa shape index (κ3) is 5.17. The minimum absolute atomic E-state index is 0.127. The number of nitrogens with one attached hydrogen (secondary N) is 1. The third-order valence-corrected chi connectivity index (χ3v) is 5.71. The van der Waals surface area contributed by atoms with Gasteiger partial charge in [-0.3, -0.25) is 14.6 Å². The number of rotatable bonds is 6. The average Bonchev–Trinajstić information content (AvgIpc) is 2.83. The van der Waals surface area contributed by atoms with Crippen LogP contribution in [0.5, 0.6) is 5.75 Å². The van der Waals surface area contributed by atoms with E-state index in [1.807, 2.05) is 47.4 Å². The first-order valence-electron chi connectivity index (χ1n) is 10.6. The van der Waals surface area contributed by atoms with Gasteiger partial charge in [0.1, 0.15) is 11.6 Å². The van der Waals surface area contributed by atoms with Crippen LogP contribution in [0.15, 0.2) is 59.5 Å². The van der Waals surface area contributed by atoms with E-state index in [2.05, 4.69) is 15.0 Å². The summed E-state index contributed by atoms with van der Waals surface area (Å²) in [5.41, 5.74) is 2.21. The standard InChI is InChI=1S/C24H26N4O3/c1-31-19-8-5-17(6-9-19)7-10-23(30)28-14-11-18(12-15-28)24-26-21(16-22(29)27-24)20-4-2-3-13-25-20/h2-6,8-9,13,16,18H,7,10-12,14-15H2,1H3,(H,26,27,29). The molecule has 2 aromatic heterocycles. The molecule has 3 aromatic rings. The second kappa shape index (κ2) is 9.55. The fraction of sp³-hybridized carbons (Fsp3) is 0.333. The van der Waals surface area contributed by atoms with Gasteiger partial charge in [-0.05, 0) is 49.1 Å². The van der Waals surface area contributed by atoms with Crippen LogP contribution in [0.4, 0.5) is 0 Å². The first-order chi connectivity index (χ1) is 15.1. The lowest BCUT2D eigenvalue weighted by Crippen LogP contribution is -2.38. The lowest BCUT2D eigenvalue weighted by molar-refractivity contribution is -0.132. The Kier molecular flexibility index (Phi) is 6.40. The summed E-state index contributed by atoms with van der Waals surface area (Å²) in [5, 5.41) is 0. The van der Waals surface area contributed by atoms with E-state index in [4.69, 9.17) is 4.74 Å². The maximum Gasteiger partial charge on any atom is 0.251 e. The summed E-state index contributed by atoms with van der Waals surface area (Å²) in [5.74, 6) is 1.79. The summed E-state index contributed by atoms with van der Waals surface area (Å²) in [7, 11) is 1.64. The maximum absolute atomic E-state index is 12.7. The van der Waals surface area contributed by atoms with Crippen LogP contribution >= 0.6 is 0 Å². The highest BCUT2D eigenvalue weighted by atomic mass is 16.5. The van der Waals surface area contributed by atoms with Crippen molar-refractivity contribution in [2.45, 2.75) is 31.6 Å². The maximum atomic E-state index is 12.7. The third-order valence-electron chi connectivity index (χ3n) is 5.71. The number of ether oxygens (including phenoxy) is 1. The number of methoxy groups -OCH3 is 1. The molecule has 0 bridgehead atoms. The molecule has 0 unspecified atom stereocenters. The fourth-order valence-electron chi connectivity index (χ4n) is 3.92. The highest BCUT2D eigenvalue weighted by Gasteiger charge is 2.25. The Morgan fingerprint density at radius 3 is 2.58 bits per heavy atom. The number of piperidine rings is 1. The number of likely N-dealkylation sites (tertiary alicyclic amines) is 1. The Hall–Kier alpha value is -3.48. The fourth-order valence-corrected chi connectivity index (χ4v) is 3.92. The zero-order valence-corrected chi connectivity index (χ0v) is 17.6. The van der Waals surface area contributed by atoms with Crippen LogP contribution in [0.3, 0.4) is 0 Å². The molecular formula is C24H26N4O3. The largest absolute Gasteiger partial charge is 0.497 e. The molecule has 1 aliphatic rings. The topological polar surface area (TPSA) is 88.2 Å². The van der Waals surface area contributed by atoms with Crippen LogP contribution in [0.2, 0.25) is 0 Å². The van der Waals surface area contributed by atoms with Crippen molar-refractivity contribution in [1.82, 2.24) is 19.9 Å². The minimum Gasteiger partial charge on any atom is -0.497 e. The number of carbonyl (C=O) groups is 1. The summed E-state index contributed by atoms with van der Waals surface area (Å²) in [6.45, 7) is 1.34. The van der Waals surface area contributed by atoms with Crippen molar-refractivity contribution >= 4 is 5.91 Å². The van der Waals surface area contributed by atoms with Gasteiger partial charge in [0.05, 0.1) is 18.5 Å². The van der Waals surface area contributed by atoms with Gasteiger partial charge in [-0.1, -0.05) is 18.2 Å². The molecule has 0 spiro atoms. The van der Waals surface area contributed by atoms with Gasteiger partial charge in [0.25, 0.3) is 5.56 Å². The van der Waals surface area contributed by atoms with E-state index in [-0.39, 0.29) is 17.4 Å². The van der Waals surface area contributed by atoms with Gasteiger partial charge in [-0.15, -0.1) is 0 Å². The Balaban J connectivity index is 1.34. The molecule has 0 aliphatic carbocycles. The number of hydrogen-bond donors (Lipinski definition) is 1. The number of nitrogens with zero attached hydrogens (tertiary/aromatic N) is 3. The van der Waals surface area contributed by atoms with Crippen LogP contribution < -0.4 is 10.3 Å². The number of hydrogen-bond acceptors (Lipinski definition) is 5. The lowest BCUT2D eigenvalue weighted by Gasteiger charge is -2.31. The van der Waals surface area contributed by atoms with Crippen LogP contribution in [0.1, 0.15) is 36.6 Å². The van der Waals surface area contributed by atoms with Crippen molar-refractivity contribution < 1.29 is 9.53 Å². The van der Waals surface area contributed by atoms with Gasteiger partial charge < -0.3 is 14.6 Å². The Bertz CT molecular complexity index is 1070. The first-order valence-corrected chi connectivity index (χ1v) is 10.6. The molecule has 1 fully saturated rings. The van der Waals surface area contributed by atoms with Gasteiger partial charge in [0.15, 0.2) is 0 Å². The summed E-state index contributed by atoms with van der Waals surface area (Å²) < 4.78 is 5.17. The lowest BCUT2D eigenvalue weighted by atomic mass is 9.95. The average molecular weight is 418 g/mol. The van der Waals surface area contributed by atoms with Crippen LogP contribution in [-0.4, -0.2) is 46.0 Å². The molecule has 1 amide bonds. The van der Waals surface area contributed by atoms with E-state index in [0.717, 1.165) is 24.2 Å². The number of amides is 1. The van der Waals surface area contributed by atoms with Gasteiger partial charge in [-0.2, -0.15) is 0 Å². The molecule has 1 aromatic carbocycles. The second-order valence-corrected chi connectivity index (χ2v) is 7.73. The molecule has 0 atom stereocenters. The SMILES string of the molecule is COc1ccc(CCC(=O)N2CCC(c3nc(-c4ccccn4)cc(=O)[nH]3)CC2)cc1. The number of H-pyrrole nitrogens is 1. The van der Waals surface area contributed by atoms with Gasteiger partial charge in [0, 0.05) is 37.7 Å². The molecule has 1 N–H and O–H groups in total. The molecule has 7 nitrogen and oxygen atoms in total. The van der Waals surface area contributed by atoms with Crippen LogP contribution in [-0.2, 0) is 11.2 Å². The van der Waals surface area contributed by atoms with Gasteiger partial charge >= 0.3 is 0 Å². The molecule has 1 aliphatic heterocycles. The van der Waals surface area contributed by atoms with E-state index in [1.54, 1.807) is 13.3 Å². The minimum atomic E-state index is -0.177. The van der Waals surface area contributed by atoms with E-state index in [0.29, 0.717) is 43.1 Å². The Labute approximate surface area is 181 Å². The summed E-state index contributed by atoms with van der Waals surface area (Å²) in [6, 6.07) is 14.8. The molecule has 1 saturated heterocycles. The van der Waals surface area contributed by atoms with Crippen molar-refractivity contribution in [2.75, 3.05) is 20.2 Å². The Morgan fingerprint density at radius 1 is 1.13 bits per heavy atom. The molecule has 0 saturated carbocycles. The molecular weight excluding hydrogens is 392 g/mol. The molecule has 3 heterocycles. The smallest absolute Gasteiger partial charge is 0.251 e. The number of pyridine rings is 1. The second-order valence-electron chi connectivity index (χ2n) is 7.73. The molecule has 4 rings (SSSR count). The molecule has 31 heavy (non-hydrogen) atoms. The van der Waals surface area contributed by atoms with Crippen molar-refractivity contribution in [3.05, 3.63) is 76.5 Å². The number of benzene rings is 1. The van der Waals surface area contributed by atoms with E-state index in [9.17, 15) is 9.59 Å². The van der Waals surface area contributed by atoms with Crippen molar-refractivity contribution in [3.63, 3.8) is 0 Å². The number of aryl methyl sites for hydroxylation is 1. The zero-order valence-electron chi connectivity index (χ0n) is 17.6. The Morgan fingerprint density at radius 2 is 1.90 bits per heavy atom. The van der Waals surface area contributed by atoms with E-state index >= 15 is 0 Å². The molecule has 0 radical (unpaired) electrons. The molecule has 160 valence electrons. The van der Waals surface area contributed by atoms with E-state index in [1.165, 1.54) is 6.07 Å². The normalized spacial score (nSPS) is 14.4. The predicted octanol–water partition coefficient (Wildman–Crippen LogP) is 3.18. The monoisotopic (exact) mass is 418 g/mol. The predicted molar refractivity (Wildman–Crippen MR) is 118 cm³/mol. The summed E-state index contributed by atoms with van der Waals surface area (Å²) in [4.78, 5) is 38.6. The van der Waals surface area contributed by atoms with Gasteiger partial charge in [-0.25, -0.2) is 4.98 Å². The van der Waals surface area contributed by atoms with Gasteiger partial charge in [0.2, 0.25) is 5.91 Å². The summed E-state index contributed by atoms with van der Waals surface area (Å²) in [6.07, 6.45) is 4.45. The van der Waals surface area contributed by atoms with Crippen molar-refractivity contribution in [1.29, 1.82) is 0 Å². The van der Waals surface area contributed by atoms with Crippen molar-refractivity contribution in [3.8, 4) is 17.1 Å². The number of carbonyl (C=O) groups excluding carboxylic acids is 1. The quantitative estimate of drug-likeness (QED) is 0.664. The zero-order chi connectivity index (χ0) is 21.6. The molecule has 7 heteroatoms. The highest BCUT2D eigenvalue weighted by Crippen LogP contribution is 2.26. The summed E-state index contributed by atoms with van der Waals surface area (Å²) >= 11 is 0.